The van der Waals surface area contributed by atoms with Crippen molar-refractivity contribution in [1.82, 2.24) is 0 Å². The van der Waals surface area contributed by atoms with Crippen LogP contribution in [0.4, 0.5) is 34.1 Å². The van der Waals surface area contributed by atoms with E-state index in [0.29, 0.717) is 0 Å². The molecule has 2 aliphatic carbocycles. The highest BCUT2D eigenvalue weighted by Gasteiger charge is 2.49. The molecule has 7 aromatic rings. The molecular weight excluding hydrogens is 787 g/mol. The van der Waals surface area contributed by atoms with Crippen LogP contribution in [0.3, 0.4) is 0 Å². The highest BCUT2D eigenvalue weighted by Crippen LogP contribution is 2.54. The molecule has 1 aromatic heterocycles. The van der Waals surface area contributed by atoms with Crippen molar-refractivity contribution in [3.63, 3.8) is 0 Å². The van der Waals surface area contributed by atoms with Crippen LogP contribution >= 0.6 is 0 Å². The molecular formula is C61H69BN2O. The Balaban J connectivity index is 1.32. The fraction of sp³-hybridized carbons (Fsp3) is 0.410. The lowest BCUT2D eigenvalue weighted by Gasteiger charge is -2.48. The molecule has 0 atom stereocenters. The smallest absolute Gasteiger partial charge is 0.257 e. The minimum absolute atomic E-state index is 0.0132. The molecule has 0 spiro atoms. The fourth-order valence-corrected chi connectivity index (χ4v) is 12.3. The highest BCUT2D eigenvalue weighted by molar-refractivity contribution is 7.01. The molecule has 0 radical (unpaired) electrons. The number of benzene rings is 6. The zero-order valence-electron chi connectivity index (χ0n) is 41.9. The van der Waals surface area contributed by atoms with Gasteiger partial charge in [-0.1, -0.05) is 133 Å². The maximum Gasteiger partial charge on any atom is 0.257 e. The van der Waals surface area contributed by atoms with E-state index in [4.69, 9.17) is 4.42 Å². The molecule has 6 aromatic carbocycles. The van der Waals surface area contributed by atoms with Crippen molar-refractivity contribution < 1.29 is 4.42 Å². The Labute approximate surface area is 389 Å². The first kappa shape index (κ1) is 42.4. The minimum atomic E-state index is -0.109. The quantitative estimate of drug-likeness (QED) is 0.162. The summed E-state index contributed by atoms with van der Waals surface area (Å²) in [4.78, 5) is 5.29. The molecule has 0 amide bonds. The van der Waals surface area contributed by atoms with Crippen molar-refractivity contribution in [1.29, 1.82) is 0 Å². The summed E-state index contributed by atoms with van der Waals surface area (Å²) in [6.45, 7) is 36.0. The van der Waals surface area contributed by atoms with Gasteiger partial charge < -0.3 is 14.2 Å². The molecule has 4 heteroatoms. The first-order chi connectivity index (χ1) is 30.4. The highest BCUT2D eigenvalue weighted by atomic mass is 16.3. The van der Waals surface area contributed by atoms with Gasteiger partial charge in [0.05, 0.1) is 0 Å². The summed E-state index contributed by atoms with van der Waals surface area (Å²) in [6.07, 6.45) is 4.69. The molecule has 332 valence electrons. The number of aryl methyl sites for hydroxylation is 1. The topological polar surface area (TPSA) is 19.6 Å². The van der Waals surface area contributed by atoms with Gasteiger partial charge in [0.15, 0.2) is 0 Å². The number of hydrogen-bond donors (Lipinski definition) is 0. The van der Waals surface area contributed by atoms with Crippen LogP contribution in [0, 0.1) is 6.92 Å². The molecule has 0 bridgehead atoms. The van der Waals surface area contributed by atoms with Crippen molar-refractivity contribution in [3.8, 4) is 0 Å². The monoisotopic (exact) mass is 857 g/mol. The van der Waals surface area contributed by atoms with E-state index in [1.165, 1.54) is 113 Å². The van der Waals surface area contributed by atoms with Crippen molar-refractivity contribution in [2.24, 2.45) is 0 Å². The van der Waals surface area contributed by atoms with Crippen LogP contribution in [-0.4, -0.2) is 6.71 Å². The van der Waals surface area contributed by atoms with Crippen molar-refractivity contribution in [2.45, 2.75) is 162 Å². The van der Waals surface area contributed by atoms with Crippen LogP contribution in [0.15, 0.2) is 101 Å². The zero-order valence-corrected chi connectivity index (χ0v) is 41.9. The molecule has 11 rings (SSSR count). The number of furan rings is 1. The second-order valence-electron chi connectivity index (χ2n) is 25.2. The first-order valence-corrected chi connectivity index (χ1v) is 24.6. The van der Waals surface area contributed by atoms with Gasteiger partial charge in [0, 0.05) is 44.9 Å². The van der Waals surface area contributed by atoms with Gasteiger partial charge in [0.25, 0.3) is 6.71 Å². The van der Waals surface area contributed by atoms with Gasteiger partial charge >= 0.3 is 0 Å². The molecule has 0 fully saturated rings. The van der Waals surface area contributed by atoms with Crippen LogP contribution in [0.1, 0.15) is 162 Å². The third-order valence-corrected chi connectivity index (χ3v) is 16.8. The summed E-state index contributed by atoms with van der Waals surface area (Å²) >= 11 is 0. The number of hydrogen-bond acceptors (Lipinski definition) is 3. The molecule has 65 heavy (non-hydrogen) atoms. The van der Waals surface area contributed by atoms with E-state index in [1.54, 1.807) is 0 Å². The maximum atomic E-state index is 7.30. The summed E-state index contributed by atoms with van der Waals surface area (Å²) in [6, 6.07) is 38.5. The zero-order chi connectivity index (χ0) is 46.1. The van der Waals surface area contributed by atoms with Crippen LogP contribution in [0.5, 0.6) is 0 Å². The normalized spacial score (nSPS) is 18.8. The molecule has 3 nitrogen and oxygen atoms in total. The van der Waals surface area contributed by atoms with Gasteiger partial charge in [-0.05, 0) is 181 Å². The van der Waals surface area contributed by atoms with E-state index in [9.17, 15) is 0 Å². The average Bonchev–Trinajstić information content (AvgIpc) is 3.61. The van der Waals surface area contributed by atoms with E-state index in [2.05, 4.69) is 211 Å². The van der Waals surface area contributed by atoms with Crippen LogP contribution in [-0.2, 0) is 32.5 Å². The predicted molar refractivity (Wildman–Crippen MR) is 280 cm³/mol. The third kappa shape index (κ3) is 6.20. The molecule has 4 aliphatic rings. The Morgan fingerprint density at radius 2 is 1.06 bits per heavy atom. The summed E-state index contributed by atoms with van der Waals surface area (Å²) in [5, 5.41) is 2.38. The van der Waals surface area contributed by atoms with Gasteiger partial charge in [-0.2, -0.15) is 0 Å². The van der Waals surface area contributed by atoms with E-state index >= 15 is 0 Å². The van der Waals surface area contributed by atoms with Crippen LogP contribution < -0.4 is 26.2 Å². The van der Waals surface area contributed by atoms with Gasteiger partial charge in [-0.25, -0.2) is 0 Å². The van der Waals surface area contributed by atoms with Gasteiger partial charge in [-0.3, -0.25) is 0 Å². The summed E-state index contributed by atoms with van der Waals surface area (Å²) in [5.74, 6) is 0. The van der Waals surface area contributed by atoms with Crippen molar-refractivity contribution in [3.05, 3.63) is 136 Å². The lowest BCUT2D eigenvalue weighted by molar-refractivity contribution is 0.332. The SMILES string of the molecule is Cc1ccccc1N1c2cc(C(C)(C)C)cc3c2B(c2cc4c(cc2N3c2ccc3c(c2)C(C)(C)CCC3(C)C)C(C)(C)CCC4(C)C)c2c1ccc1c2oc2ccc(C(C)(C)C)cc21. The Morgan fingerprint density at radius 3 is 1.69 bits per heavy atom. The molecule has 0 saturated carbocycles. The standard InChI is InChI=1S/C61H69BN2O/c1-36-18-16-17-19-47(36)64-48-24-22-40-41-30-37(56(2,3)4)20-25-52(41)65-55(40)54(48)62-46-34-44-45(61(14,15)29-28-60(44,12)13)35-49(46)63(50-31-38(57(5,6)7)32-51(64)53(50)62)39-21-23-42-43(33-39)59(10,11)27-26-58(42,8)9/h16-25,30-35H,26-29H2,1-15H3. The molecule has 3 heterocycles. The molecule has 2 aliphatic heterocycles. The fourth-order valence-electron chi connectivity index (χ4n) is 12.3. The van der Waals surface area contributed by atoms with Gasteiger partial charge in [0.1, 0.15) is 11.2 Å². The maximum absolute atomic E-state index is 7.30. The Bertz CT molecular complexity index is 3160. The van der Waals surface area contributed by atoms with Crippen LogP contribution in [0.2, 0.25) is 0 Å². The van der Waals surface area contributed by atoms with E-state index in [-0.39, 0.29) is 39.2 Å². The van der Waals surface area contributed by atoms with Gasteiger partial charge in [0.2, 0.25) is 0 Å². The second kappa shape index (κ2) is 13.5. The minimum Gasteiger partial charge on any atom is -0.457 e. The molecule has 0 N–H and O–H groups in total. The van der Waals surface area contributed by atoms with E-state index in [1.807, 2.05) is 0 Å². The van der Waals surface area contributed by atoms with Gasteiger partial charge in [-0.15, -0.1) is 0 Å². The number of anilines is 6. The Morgan fingerprint density at radius 1 is 0.477 bits per heavy atom. The van der Waals surface area contributed by atoms with Crippen LogP contribution in [0.25, 0.3) is 21.9 Å². The lowest BCUT2D eigenvalue weighted by Crippen LogP contribution is -2.62. The number of fused-ring (bicyclic) bond motifs is 10. The largest absolute Gasteiger partial charge is 0.457 e. The third-order valence-electron chi connectivity index (χ3n) is 16.8. The van der Waals surface area contributed by atoms with E-state index in [0.717, 1.165) is 24.0 Å². The van der Waals surface area contributed by atoms with Crippen molar-refractivity contribution in [2.75, 3.05) is 9.80 Å². The lowest BCUT2D eigenvalue weighted by atomic mass is 9.32. The molecule has 0 unspecified atom stereocenters. The Hall–Kier alpha value is -5.22. The number of para-hydroxylation sites is 1. The Kier molecular flexibility index (Phi) is 8.78. The average molecular weight is 857 g/mol. The van der Waals surface area contributed by atoms with Crippen molar-refractivity contribution >= 4 is 79.2 Å². The number of rotatable bonds is 2. The van der Waals surface area contributed by atoms with E-state index < -0.39 is 0 Å². The summed E-state index contributed by atoms with van der Waals surface area (Å²) in [7, 11) is 0. The summed E-state index contributed by atoms with van der Waals surface area (Å²) in [5.41, 5.74) is 23.5. The predicted octanol–water partition coefficient (Wildman–Crippen LogP) is 15.3. The second-order valence-corrected chi connectivity index (χ2v) is 25.2. The first-order valence-electron chi connectivity index (χ1n) is 24.6. The molecule has 0 saturated heterocycles. The number of nitrogens with zero attached hydrogens (tertiary/aromatic N) is 2. The summed E-state index contributed by atoms with van der Waals surface area (Å²) < 4.78 is 7.30.